The third-order valence-corrected chi connectivity index (χ3v) is 4.67. The topological polar surface area (TPSA) is 48.4 Å². The lowest BCUT2D eigenvalue weighted by atomic mass is 10.2. The summed E-state index contributed by atoms with van der Waals surface area (Å²) in [5, 5.41) is 3.20. The number of hydrogen-bond acceptors (Lipinski definition) is 5. The lowest BCUT2D eigenvalue weighted by Crippen LogP contribution is -2.04. The Morgan fingerprint density at radius 2 is 2.00 bits per heavy atom. The maximum atomic E-state index is 11.4. The van der Waals surface area contributed by atoms with Gasteiger partial charge in [-0.2, -0.15) is 0 Å². The molecule has 0 radical (unpaired) electrons. The van der Waals surface area contributed by atoms with E-state index < -0.39 is 0 Å². The number of hydrogen-bond donors (Lipinski definition) is 0. The van der Waals surface area contributed by atoms with Crippen LogP contribution in [0, 0.1) is 0 Å². The average molecular weight is 374 g/mol. The molecule has 0 amide bonds. The Morgan fingerprint density at radius 3 is 2.76 bits per heavy atom. The SMILES string of the molecule is COC(=O)Cc1csc(-c2cc(Cl)ccc2OCc2ccccc2)n1. The number of carbonyl (C=O) groups is 1. The number of thiazole rings is 1. The smallest absolute Gasteiger partial charge is 0.311 e. The van der Waals surface area contributed by atoms with Crippen LogP contribution in [0.4, 0.5) is 0 Å². The van der Waals surface area contributed by atoms with Crippen LogP contribution in [-0.2, 0) is 22.6 Å². The summed E-state index contributed by atoms with van der Waals surface area (Å²) in [4.78, 5) is 15.9. The van der Waals surface area contributed by atoms with Crippen molar-refractivity contribution in [2.45, 2.75) is 13.0 Å². The van der Waals surface area contributed by atoms with Gasteiger partial charge in [0.2, 0.25) is 0 Å². The van der Waals surface area contributed by atoms with Crippen molar-refractivity contribution in [3.63, 3.8) is 0 Å². The van der Waals surface area contributed by atoms with E-state index >= 15 is 0 Å². The second-order valence-electron chi connectivity index (χ2n) is 5.31. The van der Waals surface area contributed by atoms with Crippen LogP contribution in [0.3, 0.4) is 0 Å². The highest BCUT2D eigenvalue weighted by Crippen LogP contribution is 2.35. The quantitative estimate of drug-likeness (QED) is 0.584. The minimum absolute atomic E-state index is 0.147. The molecule has 6 heteroatoms. The van der Waals surface area contributed by atoms with Crippen molar-refractivity contribution in [1.29, 1.82) is 0 Å². The molecular weight excluding hydrogens is 358 g/mol. The maximum Gasteiger partial charge on any atom is 0.311 e. The lowest BCUT2D eigenvalue weighted by molar-refractivity contribution is -0.139. The summed E-state index contributed by atoms with van der Waals surface area (Å²) in [5.74, 6) is 0.385. The molecule has 4 nitrogen and oxygen atoms in total. The zero-order chi connectivity index (χ0) is 17.6. The van der Waals surface area contributed by atoms with Crippen molar-refractivity contribution in [1.82, 2.24) is 4.98 Å². The number of benzene rings is 2. The Hall–Kier alpha value is -2.37. The minimum Gasteiger partial charge on any atom is -0.488 e. The van der Waals surface area contributed by atoms with Crippen LogP contribution >= 0.6 is 22.9 Å². The molecule has 3 rings (SSSR count). The van der Waals surface area contributed by atoms with E-state index in [1.54, 1.807) is 6.07 Å². The summed E-state index contributed by atoms with van der Waals surface area (Å²) in [6, 6.07) is 15.4. The molecule has 0 saturated carbocycles. The molecule has 0 unspecified atom stereocenters. The first kappa shape index (κ1) is 17.5. The van der Waals surface area contributed by atoms with Gasteiger partial charge < -0.3 is 9.47 Å². The van der Waals surface area contributed by atoms with Crippen molar-refractivity contribution in [3.05, 3.63) is 70.2 Å². The fourth-order valence-electron chi connectivity index (χ4n) is 2.26. The van der Waals surface area contributed by atoms with Gasteiger partial charge in [-0.15, -0.1) is 11.3 Å². The normalized spacial score (nSPS) is 10.5. The number of aromatic nitrogens is 1. The predicted octanol–water partition coefficient (Wildman–Crippen LogP) is 4.76. The average Bonchev–Trinajstić information content (AvgIpc) is 3.09. The Kier molecular flexibility index (Phi) is 5.68. The standard InChI is InChI=1S/C19H16ClNO3S/c1-23-18(22)10-15-12-25-19(21-15)16-9-14(20)7-8-17(16)24-11-13-5-3-2-4-6-13/h2-9,12H,10-11H2,1H3. The molecule has 0 fully saturated rings. The van der Waals surface area contributed by atoms with E-state index in [2.05, 4.69) is 9.72 Å². The molecule has 0 aliphatic heterocycles. The lowest BCUT2D eigenvalue weighted by Gasteiger charge is -2.10. The second kappa shape index (κ2) is 8.14. The Bertz CT molecular complexity index is 864. The van der Waals surface area contributed by atoms with Crippen molar-refractivity contribution in [2.24, 2.45) is 0 Å². The largest absolute Gasteiger partial charge is 0.488 e. The van der Waals surface area contributed by atoms with Gasteiger partial charge in [-0.3, -0.25) is 4.79 Å². The Balaban J connectivity index is 1.83. The molecule has 2 aromatic carbocycles. The van der Waals surface area contributed by atoms with Gasteiger partial charge in [-0.05, 0) is 23.8 Å². The number of esters is 1. The first-order chi connectivity index (χ1) is 12.2. The van der Waals surface area contributed by atoms with Gasteiger partial charge in [0.1, 0.15) is 17.4 Å². The third kappa shape index (κ3) is 4.59. The van der Waals surface area contributed by atoms with Crippen molar-refractivity contribution in [3.8, 4) is 16.3 Å². The van der Waals surface area contributed by atoms with Crippen LogP contribution in [0.15, 0.2) is 53.9 Å². The number of ether oxygens (including phenoxy) is 2. The van der Waals surface area contributed by atoms with Gasteiger partial charge in [0.05, 0.1) is 24.8 Å². The zero-order valence-electron chi connectivity index (χ0n) is 13.6. The molecule has 3 aromatic rings. The summed E-state index contributed by atoms with van der Waals surface area (Å²) in [6.07, 6.45) is 0.147. The highest BCUT2D eigenvalue weighted by Gasteiger charge is 2.14. The monoisotopic (exact) mass is 373 g/mol. The minimum atomic E-state index is -0.316. The van der Waals surface area contributed by atoms with E-state index in [4.69, 9.17) is 16.3 Å². The highest BCUT2D eigenvalue weighted by atomic mass is 35.5. The van der Waals surface area contributed by atoms with Gasteiger partial charge in [0, 0.05) is 10.4 Å². The van der Waals surface area contributed by atoms with Crippen LogP contribution in [-0.4, -0.2) is 18.1 Å². The predicted molar refractivity (Wildman–Crippen MR) is 99.1 cm³/mol. The fraction of sp³-hybridized carbons (Fsp3) is 0.158. The molecule has 0 saturated heterocycles. The molecule has 0 N–H and O–H groups in total. The van der Waals surface area contributed by atoms with Gasteiger partial charge >= 0.3 is 5.97 Å². The molecule has 0 aliphatic carbocycles. The summed E-state index contributed by atoms with van der Waals surface area (Å²) in [7, 11) is 1.36. The van der Waals surface area contributed by atoms with E-state index in [-0.39, 0.29) is 12.4 Å². The Morgan fingerprint density at radius 1 is 1.20 bits per heavy atom. The van der Waals surface area contributed by atoms with E-state index in [1.807, 2.05) is 47.8 Å². The maximum absolute atomic E-state index is 11.4. The van der Waals surface area contributed by atoms with E-state index in [0.29, 0.717) is 23.1 Å². The zero-order valence-corrected chi connectivity index (χ0v) is 15.1. The number of methoxy groups -OCH3 is 1. The molecule has 1 aromatic heterocycles. The highest BCUT2D eigenvalue weighted by molar-refractivity contribution is 7.13. The second-order valence-corrected chi connectivity index (χ2v) is 6.61. The van der Waals surface area contributed by atoms with Crippen LogP contribution < -0.4 is 4.74 Å². The van der Waals surface area contributed by atoms with Crippen LogP contribution in [0.1, 0.15) is 11.3 Å². The van der Waals surface area contributed by atoms with Crippen molar-refractivity contribution >= 4 is 28.9 Å². The first-order valence-electron chi connectivity index (χ1n) is 7.63. The van der Waals surface area contributed by atoms with Gasteiger partial charge in [0.15, 0.2) is 0 Å². The third-order valence-electron chi connectivity index (χ3n) is 3.51. The van der Waals surface area contributed by atoms with Crippen LogP contribution in [0.25, 0.3) is 10.6 Å². The summed E-state index contributed by atoms with van der Waals surface area (Å²) in [5.41, 5.74) is 2.55. The van der Waals surface area contributed by atoms with Crippen LogP contribution in [0.2, 0.25) is 5.02 Å². The summed E-state index contributed by atoms with van der Waals surface area (Å²) >= 11 is 7.59. The van der Waals surface area contributed by atoms with Crippen LogP contribution in [0.5, 0.6) is 5.75 Å². The van der Waals surface area contributed by atoms with Gasteiger partial charge in [-0.1, -0.05) is 41.9 Å². The summed E-state index contributed by atoms with van der Waals surface area (Å²) in [6.45, 7) is 0.454. The van der Waals surface area contributed by atoms with Gasteiger partial charge in [0.25, 0.3) is 0 Å². The van der Waals surface area contributed by atoms with E-state index in [9.17, 15) is 4.79 Å². The molecule has 0 spiro atoms. The number of nitrogens with zero attached hydrogens (tertiary/aromatic N) is 1. The van der Waals surface area contributed by atoms with E-state index in [1.165, 1.54) is 18.4 Å². The number of carbonyl (C=O) groups excluding carboxylic acids is 1. The molecule has 1 heterocycles. The number of rotatable bonds is 6. The number of halogens is 1. The molecule has 0 bridgehead atoms. The molecular formula is C19H16ClNO3S. The Labute approximate surface area is 155 Å². The summed E-state index contributed by atoms with van der Waals surface area (Å²) < 4.78 is 10.6. The molecule has 25 heavy (non-hydrogen) atoms. The van der Waals surface area contributed by atoms with Crippen molar-refractivity contribution in [2.75, 3.05) is 7.11 Å². The fourth-order valence-corrected chi connectivity index (χ4v) is 3.27. The molecule has 0 aliphatic rings. The molecule has 128 valence electrons. The molecule has 0 atom stereocenters. The van der Waals surface area contributed by atoms with Crippen molar-refractivity contribution < 1.29 is 14.3 Å². The van der Waals surface area contributed by atoms with E-state index in [0.717, 1.165) is 16.1 Å². The van der Waals surface area contributed by atoms with Gasteiger partial charge in [-0.25, -0.2) is 4.98 Å². The first-order valence-corrected chi connectivity index (χ1v) is 8.89.